The lowest BCUT2D eigenvalue weighted by molar-refractivity contribution is 0.415. The van der Waals surface area contributed by atoms with Crippen LogP contribution in [-0.4, -0.2) is 12.1 Å². The standard InChI is InChI=1S/C14H14N2OS/c1-14(2,9-15)12-8-18-13(16-12)10-5-4-6-11(7-10)17-3/h4-8H,1-3H3. The molecule has 0 bridgehead atoms. The number of methoxy groups -OCH3 is 1. The van der Waals surface area contributed by atoms with Gasteiger partial charge in [0, 0.05) is 10.9 Å². The number of nitrogens with zero attached hydrogens (tertiary/aromatic N) is 2. The largest absolute Gasteiger partial charge is 0.497 e. The molecule has 4 heteroatoms. The summed E-state index contributed by atoms with van der Waals surface area (Å²) in [5.74, 6) is 0.809. The first kappa shape index (κ1) is 12.6. The summed E-state index contributed by atoms with van der Waals surface area (Å²) in [6.45, 7) is 3.74. The quantitative estimate of drug-likeness (QED) is 0.844. The molecule has 1 heterocycles. The Kier molecular flexibility index (Phi) is 3.35. The molecule has 92 valence electrons. The van der Waals surface area contributed by atoms with Gasteiger partial charge in [-0.25, -0.2) is 4.98 Å². The fraction of sp³-hybridized carbons (Fsp3) is 0.286. The van der Waals surface area contributed by atoms with Gasteiger partial charge in [0.15, 0.2) is 0 Å². The normalized spacial score (nSPS) is 11.0. The monoisotopic (exact) mass is 258 g/mol. The summed E-state index contributed by atoms with van der Waals surface area (Å²) < 4.78 is 5.20. The molecule has 0 N–H and O–H groups in total. The molecule has 2 aromatic rings. The van der Waals surface area contributed by atoms with Crippen LogP contribution in [0.25, 0.3) is 10.6 Å². The Balaban J connectivity index is 2.38. The first-order chi connectivity index (χ1) is 8.56. The zero-order valence-electron chi connectivity index (χ0n) is 10.6. The molecule has 0 saturated heterocycles. The van der Waals surface area contributed by atoms with Gasteiger partial charge in [-0.1, -0.05) is 12.1 Å². The van der Waals surface area contributed by atoms with Crippen molar-refractivity contribution in [1.29, 1.82) is 5.26 Å². The number of aromatic nitrogens is 1. The van der Waals surface area contributed by atoms with E-state index in [0.29, 0.717) is 0 Å². The Hall–Kier alpha value is -1.86. The molecule has 1 aromatic heterocycles. The minimum atomic E-state index is -0.548. The lowest BCUT2D eigenvalue weighted by Crippen LogP contribution is -2.14. The van der Waals surface area contributed by atoms with Crippen LogP contribution in [0.15, 0.2) is 29.6 Å². The minimum absolute atomic E-state index is 0.548. The summed E-state index contributed by atoms with van der Waals surface area (Å²) in [4.78, 5) is 4.54. The first-order valence-electron chi connectivity index (χ1n) is 5.58. The van der Waals surface area contributed by atoms with Gasteiger partial charge in [0.05, 0.1) is 24.3 Å². The van der Waals surface area contributed by atoms with Crippen LogP contribution in [0.5, 0.6) is 5.75 Å². The van der Waals surface area contributed by atoms with Gasteiger partial charge in [-0.05, 0) is 26.0 Å². The van der Waals surface area contributed by atoms with E-state index in [0.717, 1.165) is 22.0 Å². The maximum atomic E-state index is 9.10. The van der Waals surface area contributed by atoms with Gasteiger partial charge in [-0.15, -0.1) is 11.3 Å². The number of nitriles is 1. The Labute approximate surface area is 111 Å². The van der Waals surface area contributed by atoms with Gasteiger partial charge in [0.2, 0.25) is 0 Å². The zero-order chi connectivity index (χ0) is 13.2. The van der Waals surface area contributed by atoms with Crippen molar-refractivity contribution in [1.82, 2.24) is 4.98 Å². The smallest absolute Gasteiger partial charge is 0.123 e. The van der Waals surface area contributed by atoms with Crippen molar-refractivity contribution in [2.75, 3.05) is 7.11 Å². The predicted molar refractivity (Wildman–Crippen MR) is 72.7 cm³/mol. The number of rotatable bonds is 3. The highest BCUT2D eigenvalue weighted by Gasteiger charge is 2.23. The molecular formula is C14H14N2OS. The van der Waals surface area contributed by atoms with Crippen molar-refractivity contribution < 1.29 is 4.74 Å². The fourth-order valence-electron chi connectivity index (χ4n) is 1.51. The Morgan fingerprint density at radius 3 is 2.83 bits per heavy atom. The van der Waals surface area contributed by atoms with E-state index in [1.807, 2.05) is 43.5 Å². The third-order valence-corrected chi connectivity index (χ3v) is 3.63. The molecule has 3 nitrogen and oxygen atoms in total. The van der Waals surface area contributed by atoms with Gasteiger partial charge < -0.3 is 4.74 Å². The maximum absolute atomic E-state index is 9.10. The number of thiazole rings is 1. The minimum Gasteiger partial charge on any atom is -0.497 e. The molecule has 2 rings (SSSR count). The average molecular weight is 258 g/mol. The molecule has 18 heavy (non-hydrogen) atoms. The van der Waals surface area contributed by atoms with Crippen LogP contribution < -0.4 is 4.74 Å². The summed E-state index contributed by atoms with van der Waals surface area (Å²) in [7, 11) is 1.64. The number of benzene rings is 1. The predicted octanol–water partition coefficient (Wildman–Crippen LogP) is 3.62. The molecule has 0 saturated carbocycles. The number of ether oxygens (including phenoxy) is 1. The van der Waals surface area contributed by atoms with E-state index in [-0.39, 0.29) is 0 Å². The van der Waals surface area contributed by atoms with E-state index >= 15 is 0 Å². The molecule has 0 radical (unpaired) electrons. The lowest BCUT2D eigenvalue weighted by Gasteiger charge is -2.10. The first-order valence-corrected chi connectivity index (χ1v) is 6.46. The average Bonchev–Trinajstić information content (AvgIpc) is 2.89. The van der Waals surface area contributed by atoms with Crippen molar-refractivity contribution in [2.45, 2.75) is 19.3 Å². The molecule has 0 amide bonds. The molecule has 0 spiro atoms. The van der Waals surface area contributed by atoms with Crippen LogP contribution in [0.4, 0.5) is 0 Å². The molecule has 0 aliphatic carbocycles. The van der Waals surface area contributed by atoms with Gasteiger partial charge in [0.25, 0.3) is 0 Å². The molecule has 0 aliphatic heterocycles. The molecule has 0 fully saturated rings. The van der Waals surface area contributed by atoms with Gasteiger partial charge in [0.1, 0.15) is 10.8 Å². The van der Waals surface area contributed by atoms with Gasteiger partial charge in [-0.3, -0.25) is 0 Å². The Morgan fingerprint density at radius 1 is 1.39 bits per heavy atom. The van der Waals surface area contributed by atoms with Crippen molar-refractivity contribution in [2.24, 2.45) is 0 Å². The van der Waals surface area contributed by atoms with Crippen LogP contribution in [0.3, 0.4) is 0 Å². The lowest BCUT2D eigenvalue weighted by atomic mass is 9.92. The third kappa shape index (κ3) is 2.36. The number of hydrogen-bond acceptors (Lipinski definition) is 4. The van der Waals surface area contributed by atoms with Crippen molar-refractivity contribution in [3.05, 3.63) is 35.3 Å². The summed E-state index contributed by atoms with van der Waals surface area (Å²) in [5, 5.41) is 12.0. The highest BCUT2D eigenvalue weighted by atomic mass is 32.1. The second-order valence-corrected chi connectivity index (χ2v) is 5.36. The SMILES string of the molecule is COc1cccc(-c2nc(C(C)(C)C#N)cs2)c1. The van der Waals surface area contributed by atoms with Crippen LogP contribution in [0, 0.1) is 11.3 Å². The van der Waals surface area contributed by atoms with Gasteiger partial charge >= 0.3 is 0 Å². The summed E-state index contributed by atoms with van der Waals surface area (Å²) >= 11 is 1.55. The topological polar surface area (TPSA) is 45.9 Å². The van der Waals surface area contributed by atoms with E-state index in [1.54, 1.807) is 18.4 Å². The second-order valence-electron chi connectivity index (χ2n) is 4.51. The highest BCUT2D eigenvalue weighted by molar-refractivity contribution is 7.13. The van der Waals surface area contributed by atoms with E-state index in [9.17, 15) is 0 Å². The molecule has 0 aliphatic rings. The van der Waals surface area contributed by atoms with E-state index < -0.39 is 5.41 Å². The molecular weight excluding hydrogens is 244 g/mol. The maximum Gasteiger partial charge on any atom is 0.123 e. The second kappa shape index (κ2) is 4.79. The van der Waals surface area contributed by atoms with Crippen molar-refractivity contribution in [3.63, 3.8) is 0 Å². The molecule has 0 unspecified atom stereocenters. The molecule has 1 aromatic carbocycles. The van der Waals surface area contributed by atoms with Crippen LogP contribution in [0.2, 0.25) is 0 Å². The summed E-state index contributed by atoms with van der Waals surface area (Å²) in [6.07, 6.45) is 0. The zero-order valence-corrected chi connectivity index (χ0v) is 11.4. The van der Waals surface area contributed by atoms with Crippen molar-refractivity contribution >= 4 is 11.3 Å². The Bertz CT molecular complexity index is 596. The Morgan fingerprint density at radius 2 is 2.17 bits per heavy atom. The van der Waals surface area contributed by atoms with Crippen LogP contribution in [0.1, 0.15) is 19.5 Å². The van der Waals surface area contributed by atoms with Gasteiger partial charge in [-0.2, -0.15) is 5.26 Å². The van der Waals surface area contributed by atoms with Crippen LogP contribution in [-0.2, 0) is 5.41 Å². The van der Waals surface area contributed by atoms with E-state index in [4.69, 9.17) is 10.00 Å². The summed E-state index contributed by atoms with van der Waals surface area (Å²) in [5.41, 5.74) is 1.28. The molecule has 0 atom stereocenters. The third-order valence-electron chi connectivity index (χ3n) is 2.74. The van der Waals surface area contributed by atoms with Crippen molar-refractivity contribution in [3.8, 4) is 22.4 Å². The fourth-order valence-corrected chi connectivity index (χ4v) is 2.49. The highest BCUT2D eigenvalue weighted by Crippen LogP contribution is 2.31. The van der Waals surface area contributed by atoms with Crippen LogP contribution >= 0.6 is 11.3 Å². The number of hydrogen-bond donors (Lipinski definition) is 0. The van der Waals surface area contributed by atoms with E-state index in [1.165, 1.54) is 0 Å². The summed E-state index contributed by atoms with van der Waals surface area (Å²) in [6, 6.07) is 10.0. The van der Waals surface area contributed by atoms with E-state index in [2.05, 4.69) is 11.1 Å².